The fraction of sp³-hybridized carbons (Fsp3) is 0.333. The van der Waals surface area contributed by atoms with E-state index < -0.39 is 17.9 Å². The van der Waals surface area contributed by atoms with Crippen molar-refractivity contribution in [3.63, 3.8) is 0 Å². The summed E-state index contributed by atoms with van der Waals surface area (Å²) in [4.78, 5) is 24.3. The topological polar surface area (TPSA) is 79.4 Å². The summed E-state index contributed by atoms with van der Waals surface area (Å²) in [6.45, 7) is 1.54. The number of hydrogen-bond donors (Lipinski definition) is 2. The number of carboxylic acid groups (broad SMARTS) is 1. The minimum Gasteiger partial charge on any atom is -0.481 e. The Balaban J connectivity index is 2.88. The van der Waals surface area contributed by atoms with Crippen molar-refractivity contribution in [2.45, 2.75) is 12.8 Å². The van der Waals surface area contributed by atoms with Gasteiger partial charge in [-0.1, -0.05) is 0 Å². The molecule has 0 aliphatic carbocycles. The molecule has 1 aromatic rings. The van der Waals surface area contributed by atoms with Gasteiger partial charge in [0.15, 0.2) is 0 Å². The molecule has 0 fully saturated rings. The van der Waals surface area contributed by atoms with Crippen molar-refractivity contribution in [3.8, 4) is 0 Å². The van der Waals surface area contributed by atoms with Crippen LogP contribution in [0.25, 0.3) is 0 Å². The van der Waals surface area contributed by atoms with Gasteiger partial charge >= 0.3 is 11.9 Å². The smallest absolute Gasteiger partial charge is 0.354 e. The maximum absolute atomic E-state index is 11.0. The Kier molecular flexibility index (Phi) is 2.91. The van der Waals surface area contributed by atoms with Crippen LogP contribution in [-0.4, -0.2) is 29.1 Å². The number of carboxylic acids is 1. The van der Waals surface area contributed by atoms with Gasteiger partial charge in [0.05, 0.1) is 13.0 Å². The molecule has 0 saturated heterocycles. The van der Waals surface area contributed by atoms with Crippen molar-refractivity contribution in [2.75, 3.05) is 7.11 Å². The first-order valence-corrected chi connectivity index (χ1v) is 4.06. The Labute approximate surface area is 80.7 Å². The van der Waals surface area contributed by atoms with E-state index >= 15 is 0 Å². The van der Waals surface area contributed by atoms with Crippen molar-refractivity contribution in [1.82, 2.24) is 4.98 Å². The monoisotopic (exact) mass is 197 g/mol. The normalized spacial score (nSPS) is 12.1. The second-order valence-corrected chi connectivity index (χ2v) is 2.88. The average molecular weight is 197 g/mol. The van der Waals surface area contributed by atoms with E-state index in [-0.39, 0.29) is 5.69 Å². The zero-order valence-corrected chi connectivity index (χ0v) is 7.90. The van der Waals surface area contributed by atoms with Crippen LogP contribution >= 0.6 is 0 Å². The summed E-state index contributed by atoms with van der Waals surface area (Å²) in [7, 11) is 1.27. The van der Waals surface area contributed by atoms with Gasteiger partial charge in [-0.15, -0.1) is 0 Å². The number of hydrogen-bond acceptors (Lipinski definition) is 3. The zero-order valence-electron chi connectivity index (χ0n) is 7.90. The van der Waals surface area contributed by atoms with Gasteiger partial charge < -0.3 is 14.8 Å². The lowest BCUT2D eigenvalue weighted by Crippen LogP contribution is -2.08. The summed E-state index contributed by atoms with van der Waals surface area (Å²) in [6.07, 6.45) is 0. The standard InChI is InChI=1S/C9H11NO4/c1-5(8(11)12)6-3-4-7(10-6)9(13)14-2/h3-5,10H,1-2H3,(H,11,12). The summed E-state index contributed by atoms with van der Waals surface area (Å²) >= 11 is 0. The van der Waals surface area contributed by atoms with E-state index in [0.29, 0.717) is 5.69 Å². The minimum atomic E-state index is -0.941. The van der Waals surface area contributed by atoms with Crippen LogP contribution in [0.3, 0.4) is 0 Å². The third-order valence-electron chi connectivity index (χ3n) is 1.95. The van der Waals surface area contributed by atoms with Crippen molar-refractivity contribution in [2.24, 2.45) is 0 Å². The molecule has 76 valence electrons. The van der Waals surface area contributed by atoms with Crippen molar-refractivity contribution >= 4 is 11.9 Å². The number of carbonyl (C=O) groups excluding carboxylic acids is 1. The number of esters is 1. The highest BCUT2D eigenvalue weighted by Gasteiger charge is 2.17. The predicted octanol–water partition coefficient (Wildman–Crippen LogP) is 0.989. The SMILES string of the molecule is COC(=O)c1ccc(C(C)C(=O)O)[nH]1. The molecule has 0 aliphatic rings. The second-order valence-electron chi connectivity index (χ2n) is 2.88. The molecule has 1 heterocycles. The predicted molar refractivity (Wildman–Crippen MR) is 48.2 cm³/mol. The number of H-pyrrole nitrogens is 1. The van der Waals surface area contributed by atoms with E-state index in [1.165, 1.54) is 20.1 Å². The molecule has 0 bridgehead atoms. The van der Waals surface area contributed by atoms with Crippen LogP contribution in [0.15, 0.2) is 12.1 Å². The van der Waals surface area contributed by atoms with Crippen LogP contribution in [0.5, 0.6) is 0 Å². The van der Waals surface area contributed by atoms with Crippen LogP contribution in [0.4, 0.5) is 0 Å². The van der Waals surface area contributed by atoms with Gasteiger partial charge in [-0.25, -0.2) is 4.79 Å². The fourth-order valence-corrected chi connectivity index (χ4v) is 1.03. The molecular formula is C9H11NO4. The third-order valence-corrected chi connectivity index (χ3v) is 1.95. The highest BCUT2D eigenvalue weighted by atomic mass is 16.5. The van der Waals surface area contributed by atoms with Gasteiger partial charge in [-0.3, -0.25) is 4.79 Å². The van der Waals surface area contributed by atoms with E-state index in [1.807, 2.05) is 0 Å². The number of rotatable bonds is 3. The average Bonchev–Trinajstić information content (AvgIpc) is 2.64. The number of nitrogens with one attached hydrogen (secondary N) is 1. The number of aliphatic carboxylic acids is 1. The molecule has 1 atom stereocenters. The third kappa shape index (κ3) is 1.93. The van der Waals surface area contributed by atoms with Crippen LogP contribution in [-0.2, 0) is 9.53 Å². The summed E-state index contributed by atoms with van der Waals surface area (Å²) in [5, 5.41) is 8.70. The van der Waals surface area contributed by atoms with Gasteiger partial charge in [0.25, 0.3) is 0 Å². The first-order chi connectivity index (χ1) is 6.56. The first kappa shape index (κ1) is 10.3. The summed E-state index contributed by atoms with van der Waals surface area (Å²) in [6, 6.07) is 3.06. The summed E-state index contributed by atoms with van der Waals surface area (Å²) in [5.41, 5.74) is 0.744. The fourth-order valence-electron chi connectivity index (χ4n) is 1.03. The van der Waals surface area contributed by atoms with E-state index in [2.05, 4.69) is 9.72 Å². The van der Waals surface area contributed by atoms with E-state index in [1.54, 1.807) is 6.07 Å². The van der Waals surface area contributed by atoms with Gasteiger partial charge in [0.2, 0.25) is 0 Å². The zero-order chi connectivity index (χ0) is 10.7. The van der Waals surface area contributed by atoms with E-state index in [9.17, 15) is 9.59 Å². The maximum atomic E-state index is 11.0. The lowest BCUT2D eigenvalue weighted by molar-refractivity contribution is -0.138. The molecule has 5 heteroatoms. The highest BCUT2D eigenvalue weighted by molar-refractivity contribution is 5.87. The molecule has 0 radical (unpaired) electrons. The summed E-state index contributed by atoms with van der Waals surface area (Å²) < 4.78 is 4.47. The van der Waals surface area contributed by atoms with Crippen LogP contribution in [0.1, 0.15) is 29.0 Å². The molecule has 5 nitrogen and oxygen atoms in total. The second kappa shape index (κ2) is 3.95. The number of methoxy groups -OCH3 is 1. The molecule has 2 N–H and O–H groups in total. The Morgan fingerprint density at radius 1 is 1.50 bits per heavy atom. The molecule has 0 spiro atoms. The Hall–Kier alpha value is -1.78. The van der Waals surface area contributed by atoms with Gasteiger partial charge in [-0.05, 0) is 19.1 Å². The van der Waals surface area contributed by atoms with Crippen LogP contribution in [0.2, 0.25) is 0 Å². The van der Waals surface area contributed by atoms with E-state index in [4.69, 9.17) is 5.11 Å². The molecule has 0 aromatic carbocycles. The van der Waals surface area contributed by atoms with E-state index in [0.717, 1.165) is 0 Å². The van der Waals surface area contributed by atoms with Crippen molar-refractivity contribution in [1.29, 1.82) is 0 Å². The highest BCUT2D eigenvalue weighted by Crippen LogP contribution is 2.14. The molecular weight excluding hydrogens is 186 g/mol. The number of ether oxygens (including phenoxy) is 1. The molecule has 0 aliphatic heterocycles. The number of aromatic nitrogens is 1. The van der Waals surface area contributed by atoms with Crippen molar-refractivity contribution < 1.29 is 19.4 Å². The molecule has 0 amide bonds. The van der Waals surface area contributed by atoms with Crippen LogP contribution in [0, 0.1) is 0 Å². The van der Waals surface area contributed by atoms with Crippen molar-refractivity contribution in [3.05, 3.63) is 23.5 Å². The lowest BCUT2D eigenvalue weighted by Gasteiger charge is -2.02. The molecule has 1 aromatic heterocycles. The Morgan fingerprint density at radius 3 is 2.64 bits per heavy atom. The first-order valence-electron chi connectivity index (χ1n) is 4.06. The molecule has 1 rings (SSSR count). The molecule has 1 unspecified atom stereocenters. The largest absolute Gasteiger partial charge is 0.481 e. The number of carbonyl (C=O) groups is 2. The lowest BCUT2D eigenvalue weighted by atomic mass is 10.1. The quantitative estimate of drug-likeness (QED) is 0.708. The van der Waals surface area contributed by atoms with Gasteiger partial charge in [0.1, 0.15) is 5.69 Å². The Morgan fingerprint density at radius 2 is 2.14 bits per heavy atom. The minimum absolute atomic E-state index is 0.260. The molecule has 14 heavy (non-hydrogen) atoms. The van der Waals surface area contributed by atoms with Crippen LogP contribution < -0.4 is 0 Å². The van der Waals surface area contributed by atoms with Gasteiger partial charge in [0, 0.05) is 5.69 Å². The maximum Gasteiger partial charge on any atom is 0.354 e. The Bertz CT molecular complexity index is 355. The van der Waals surface area contributed by atoms with Gasteiger partial charge in [-0.2, -0.15) is 0 Å². The molecule has 0 saturated carbocycles. The summed E-state index contributed by atoms with van der Waals surface area (Å²) in [5.74, 6) is -2.11. The number of aromatic amines is 1.